The van der Waals surface area contributed by atoms with Gasteiger partial charge in [0.2, 0.25) is 0 Å². The minimum absolute atomic E-state index is 0.208. The van der Waals surface area contributed by atoms with Gasteiger partial charge in [0.25, 0.3) is 0 Å². The molecular formula is C26H33F3N2O6. The zero-order chi connectivity index (χ0) is 27.4. The summed E-state index contributed by atoms with van der Waals surface area (Å²) in [7, 11) is 0. The average Bonchev–Trinajstić information content (AvgIpc) is 2.82. The number of aliphatic carboxylic acids is 1. The van der Waals surface area contributed by atoms with E-state index in [-0.39, 0.29) is 25.3 Å². The Morgan fingerprint density at radius 3 is 2.16 bits per heavy atom. The molecular weight excluding hydrogens is 493 g/mol. The van der Waals surface area contributed by atoms with Gasteiger partial charge in [-0.05, 0) is 61.2 Å². The standard InChI is InChI=1S/C26H33F3N2O6/c1-4-35-23(24(32)33)17-19-5-9-21(10-6-19)36-16-15-31(14-13-18(2)3)25(34)30-20-7-11-22(12-8-20)37-26(27,28)29/h5-12,18,23H,4,13-17H2,1-3H3,(H,30,34)(H,32,33). The predicted molar refractivity (Wildman–Crippen MR) is 132 cm³/mol. The number of alkyl halides is 3. The number of carboxylic acids is 1. The molecule has 0 saturated carbocycles. The summed E-state index contributed by atoms with van der Waals surface area (Å²) < 4.78 is 51.9. The Hall–Kier alpha value is -3.47. The lowest BCUT2D eigenvalue weighted by atomic mass is 10.1. The zero-order valence-electron chi connectivity index (χ0n) is 21.1. The molecule has 1 atom stereocenters. The van der Waals surface area contributed by atoms with Crippen molar-refractivity contribution in [1.29, 1.82) is 0 Å². The molecule has 0 bridgehead atoms. The summed E-state index contributed by atoms with van der Waals surface area (Å²) in [6.07, 6.45) is -4.72. The Morgan fingerprint density at radius 2 is 1.62 bits per heavy atom. The average molecular weight is 527 g/mol. The van der Waals surface area contributed by atoms with Crippen molar-refractivity contribution in [1.82, 2.24) is 4.90 Å². The SMILES string of the molecule is CCOC(Cc1ccc(OCCN(CCC(C)C)C(=O)Nc2ccc(OC(F)(F)F)cc2)cc1)C(=O)O. The molecule has 0 aliphatic rings. The number of ether oxygens (including phenoxy) is 3. The highest BCUT2D eigenvalue weighted by molar-refractivity contribution is 5.89. The lowest BCUT2D eigenvalue weighted by molar-refractivity contribution is -0.274. The molecule has 2 aromatic carbocycles. The second-order valence-corrected chi connectivity index (χ2v) is 8.65. The van der Waals surface area contributed by atoms with E-state index in [0.717, 1.165) is 24.1 Å². The summed E-state index contributed by atoms with van der Waals surface area (Å²) in [5.41, 5.74) is 1.12. The Bertz CT molecular complexity index is 981. The van der Waals surface area contributed by atoms with Gasteiger partial charge in [0, 0.05) is 25.3 Å². The highest BCUT2D eigenvalue weighted by Gasteiger charge is 2.31. The van der Waals surface area contributed by atoms with E-state index in [1.54, 1.807) is 36.1 Å². The van der Waals surface area contributed by atoms with Gasteiger partial charge in [-0.15, -0.1) is 13.2 Å². The summed E-state index contributed by atoms with van der Waals surface area (Å²) in [5.74, 6) is -0.476. The number of hydrogen-bond acceptors (Lipinski definition) is 5. The van der Waals surface area contributed by atoms with Crippen LogP contribution in [0, 0.1) is 5.92 Å². The van der Waals surface area contributed by atoms with E-state index in [1.807, 2.05) is 13.8 Å². The number of carboxylic acid groups (broad SMARTS) is 1. The molecule has 0 spiro atoms. The van der Waals surface area contributed by atoms with Crippen molar-refractivity contribution in [3.8, 4) is 11.5 Å². The van der Waals surface area contributed by atoms with Crippen LogP contribution in [0.15, 0.2) is 48.5 Å². The first-order valence-corrected chi connectivity index (χ1v) is 11.9. The summed E-state index contributed by atoms with van der Waals surface area (Å²) >= 11 is 0. The first-order valence-electron chi connectivity index (χ1n) is 11.9. The van der Waals surface area contributed by atoms with Crippen LogP contribution in [-0.2, 0) is 16.0 Å². The van der Waals surface area contributed by atoms with Crippen molar-refractivity contribution in [2.24, 2.45) is 5.92 Å². The smallest absolute Gasteiger partial charge is 0.492 e. The second-order valence-electron chi connectivity index (χ2n) is 8.65. The molecule has 11 heteroatoms. The van der Waals surface area contributed by atoms with Crippen LogP contribution in [0.4, 0.5) is 23.7 Å². The van der Waals surface area contributed by atoms with Crippen LogP contribution in [0.5, 0.6) is 11.5 Å². The fourth-order valence-electron chi connectivity index (χ4n) is 3.30. The highest BCUT2D eigenvalue weighted by atomic mass is 19.4. The van der Waals surface area contributed by atoms with Gasteiger partial charge in [-0.1, -0.05) is 26.0 Å². The van der Waals surface area contributed by atoms with Gasteiger partial charge in [0.15, 0.2) is 6.10 Å². The minimum atomic E-state index is -4.79. The first kappa shape index (κ1) is 29.8. The number of carbonyl (C=O) groups is 2. The maximum atomic E-state index is 12.8. The van der Waals surface area contributed by atoms with Gasteiger partial charge < -0.3 is 29.5 Å². The van der Waals surface area contributed by atoms with Crippen LogP contribution in [0.2, 0.25) is 0 Å². The van der Waals surface area contributed by atoms with Crippen LogP contribution >= 0.6 is 0 Å². The molecule has 0 aliphatic heterocycles. The number of benzene rings is 2. The number of nitrogens with zero attached hydrogens (tertiary/aromatic N) is 1. The molecule has 0 fully saturated rings. The molecule has 2 rings (SSSR count). The number of halogens is 3. The van der Waals surface area contributed by atoms with Gasteiger partial charge in [-0.2, -0.15) is 0 Å². The van der Waals surface area contributed by atoms with E-state index < -0.39 is 24.5 Å². The summed E-state index contributed by atoms with van der Waals surface area (Å²) in [6, 6.07) is 11.5. The molecule has 2 N–H and O–H groups in total. The van der Waals surface area contributed by atoms with Gasteiger partial charge in [0.1, 0.15) is 18.1 Å². The van der Waals surface area contributed by atoms with Crippen LogP contribution in [0.1, 0.15) is 32.8 Å². The third kappa shape index (κ3) is 11.4. The van der Waals surface area contributed by atoms with Crippen molar-refractivity contribution in [3.05, 3.63) is 54.1 Å². The van der Waals surface area contributed by atoms with Crippen molar-refractivity contribution in [2.75, 3.05) is 31.6 Å². The van der Waals surface area contributed by atoms with Gasteiger partial charge >= 0.3 is 18.4 Å². The van der Waals surface area contributed by atoms with E-state index in [1.165, 1.54) is 12.1 Å². The maximum absolute atomic E-state index is 12.8. The Kier molecular flexibility index (Phi) is 11.5. The molecule has 8 nitrogen and oxygen atoms in total. The predicted octanol–water partition coefficient (Wildman–Crippen LogP) is 5.58. The molecule has 0 aliphatic carbocycles. The number of carbonyl (C=O) groups excluding carboxylic acids is 1. The monoisotopic (exact) mass is 526 g/mol. The second kappa shape index (κ2) is 14.3. The van der Waals surface area contributed by atoms with Crippen molar-refractivity contribution < 1.29 is 42.1 Å². The number of anilines is 1. The zero-order valence-corrected chi connectivity index (χ0v) is 21.1. The fraction of sp³-hybridized carbons (Fsp3) is 0.462. The lowest BCUT2D eigenvalue weighted by Crippen LogP contribution is -2.39. The third-order valence-corrected chi connectivity index (χ3v) is 5.22. The van der Waals surface area contributed by atoms with Crippen molar-refractivity contribution >= 4 is 17.7 Å². The minimum Gasteiger partial charge on any atom is -0.492 e. The van der Waals surface area contributed by atoms with Crippen LogP contribution in [-0.4, -0.2) is 60.8 Å². The van der Waals surface area contributed by atoms with Crippen LogP contribution in [0.3, 0.4) is 0 Å². The van der Waals surface area contributed by atoms with Crippen LogP contribution in [0.25, 0.3) is 0 Å². The number of nitrogens with one attached hydrogen (secondary N) is 1. The number of rotatable bonds is 14. The van der Waals surface area contributed by atoms with Gasteiger partial charge in [-0.3, -0.25) is 0 Å². The molecule has 37 heavy (non-hydrogen) atoms. The number of hydrogen-bond donors (Lipinski definition) is 2. The Labute approximate surface area is 214 Å². The number of urea groups is 1. The maximum Gasteiger partial charge on any atom is 0.573 e. The fourth-order valence-corrected chi connectivity index (χ4v) is 3.30. The molecule has 0 radical (unpaired) electrons. The molecule has 0 aromatic heterocycles. The molecule has 0 heterocycles. The summed E-state index contributed by atoms with van der Waals surface area (Å²) in [5, 5.41) is 11.9. The van der Waals surface area contributed by atoms with Crippen molar-refractivity contribution in [3.63, 3.8) is 0 Å². The van der Waals surface area contributed by atoms with Gasteiger partial charge in [0.05, 0.1) is 6.54 Å². The molecule has 2 amide bonds. The lowest BCUT2D eigenvalue weighted by Gasteiger charge is -2.24. The van der Waals surface area contributed by atoms with Gasteiger partial charge in [-0.25, -0.2) is 9.59 Å². The highest BCUT2D eigenvalue weighted by Crippen LogP contribution is 2.24. The molecule has 0 saturated heterocycles. The summed E-state index contributed by atoms with van der Waals surface area (Å²) in [4.78, 5) is 25.7. The normalized spacial score (nSPS) is 12.2. The quantitative estimate of drug-likeness (QED) is 0.334. The third-order valence-electron chi connectivity index (χ3n) is 5.22. The van der Waals surface area contributed by atoms with E-state index in [4.69, 9.17) is 9.47 Å². The van der Waals surface area contributed by atoms with E-state index in [9.17, 15) is 27.9 Å². The molecule has 2 aromatic rings. The largest absolute Gasteiger partial charge is 0.573 e. The van der Waals surface area contributed by atoms with Crippen molar-refractivity contribution in [2.45, 2.75) is 46.1 Å². The topological polar surface area (TPSA) is 97.3 Å². The number of amides is 2. The Morgan fingerprint density at radius 1 is 1.00 bits per heavy atom. The Balaban J connectivity index is 1.92. The summed E-state index contributed by atoms with van der Waals surface area (Å²) in [6.45, 7) is 7.07. The first-order chi connectivity index (χ1) is 17.5. The molecule has 1 unspecified atom stereocenters. The van der Waals surface area contributed by atoms with Crippen LogP contribution < -0.4 is 14.8 Å². The molecule has 204 valence electrons. The van der Waals surface area contributed by atoms with E-state index in [2.05, 4.69) is 10.1 Å². The van der Waals surface area contributed by atoms with E-state index in [0.29, 0.717) is 30.5 Å². The van der Waals surface area contributed by atoms with E-state index >= 15 is 0 Å².